The fourth-order valence-corrected chi connectivity index (χ4v) is 2.53. The molecule has 1 atom stereocenters. The summed E-state index contributed by atoms with van der Waals surface area (Å²) in [6.45, 7) is 2.02. The fraction of sp³-hybridized carbons (Fsp3) is 0.200. The van der Waals surface area contributed by atoms with Crippen molar-refractivity contribution in [1.82, 2.24) is 0 Å². The average molecular weight is 306 g/mol. The minimum atomic E-state index is -0.134. The zero-order valence-corrected chi connectivity index (χ0v) is 12.1. The van der Waals surface area contributed by atoms with E-state index in [9.17, 15) is 0 Å². The van der Waals surface area contributed by atoms with Crippen molar-refractivity contribution < 1.29 is 4.74 Å². The van der Waals surface area contributed by atoms with Gasteiger partial charge in [0, 0.05) is 4.47 Å². The smallest absolute Gasteiger partial charge is 0.121 e. The van der Waals surface area contributed by atoms with E-state index in [4.69, 9.17) is 10.5 Å². The molecular formula is C15H16BrNO. The third kappa shape index (κ3) is 2.57. The van der Waals surface area contributed by atoms with Crippen molar-refractivity contribution in [1.29, 1.82) is 0 Å². The molecular weight excluding hydrogens is 290 g/mol. The van der Waals surface area contributed by atoms with Crippen molar-refractivity contribution in [3.05, 3.63) is 63.6 Å². The Hall–Kier alpha value is -1.32. The minimum absolute atomic E-state index is 0.134. The summed E-state index contributed by atoms with van der Waals surface area (Å²) in [5, 5.41) is 0. The number of rotatable bonds is 3. The Morgan fingerprint density at radius 2 is 1.89 bits per heavy atom. The van der Waals surface area contributed by atoms with Gasteiger partial charge in [0.1, 0.15) is 5.75 Å². The lowest BCUT2D eigenvalue weighted by molar-refractivity contribution is 0.411. The first-order valence-corrected chi connectivity index (χ1v) is 6.57. The summed E-state index contributed by atoms with van der Waals surface area (Å²) in [4.78, 5) is 0. The summed E-state index contributed by atoms with van der Waals surface area (Å²) < 4.78 is 6.29. The SMILES string of the molecule is COc1ccc(C(N)c2ccccc2Br)cc1C. The molecule has 94 valence electrons. The van der Waals surface area contributed by atoms with Crippen LogP contribution in [0.3, 0.4) is 0 Å². The Morgan fingerprint density at radius 3 is 2.50 bits per heavy atom. The number of hydrogen-bond acceptors (Lipinski definition) is 2. The van der Waals surface area contributed by atoms with Gasteiger partial charge in [0.2, 0.25) is 0 Å². The van der Waals surface area contributed by atoms with E-state index in [1.54, 1.807) is 7.11 Å². The topological polar surface area (TPSA) is 35.2 Å². The van der Waals surface area contributed by atoms with E-state index in [1.165, 1.54) is 0 Å². The Morgan fingerprint density at radius 1 is 1.17 bits per heavy atom. The van der Waals surface area contributed by atoms with Gasteiger partial charge in [-0.1, -0.05) is 46.3 Å². The van der Waals surface area contributed by atoms with Crippen LogP contribution in [-0.4, -0.2) is 7.11 Å². The van der Waals surface area contributed by atoms with E-state index in [2.05, 4.69) is 22.0 Å². The molecule has 18 heavy (non-hydrogen) atoms. The van der Waals surface area contributed by atoms with Crippen molar-refractivity contribution in [2.45, 2.75) is 13.0 Å². The van der Waals surface area contributed by atoms with Gasteiger partial charge < -0.3 is 10.5 Å². The molecule has 3 heteroatoms. The van der Waals surface area contributed by atoms with Crippen LogP contribution in [-0.2, 0) is 0 Å². The molecule has 2 nitrogen and oxygen atoms in total. The lowest BCUT2D eigenvalue weighted by atomic mass is 9.98. The summed E-state index contributed by atoms with van der Waals surface area (Å²) in [7, 11) is 1.68. The number of halogens is 1. The standard InChI is InChI=1S/C15H16BrNO/c1-10-9-11(7-8-14(10)18-2)15(17)12-5-3-4-6-13(12)16/h3-9,15H,17H2,1-2H3. The quantitative estimate of drug-likeness (QED) is 0.936. The fourth-order valence-electron chi connectivity index (χ4n) is 2.00. The van der Waals surface area contributed by atoms with Crippen LogP contribution in [0.1, 0.15) is 22.7 Å². The van der Waals surface area contributed by atoms with Gasteiger partial charge in [-0.05, 0) is 35.7 Å². The number of benzene rings is 2. The van der Waals surface area contributed by atoms with E-state index in [0.717, 1.165) is 26.9 Å². The Bertz CT molecular complexity index is 554. The third-order valence-corrected chi connectivity index (χ3v) is 3.74. The van der Waals surface area contributed by atoms with E-state index in [1.807, 2.05) is 43.3 Å². The molecule has 0 amide bonds. The average Bonchev–Trinajstić information content (AvgIpc) is 2.38. The lowest BCUT2D eigenvalue weighted by Gasteiger charge is -2.16. The van der Waals surface area contributed by atoms with Crippen molar-refractivity contribution in [2.24, 2.45) is 5.73 Å². The summed E-state index contributed by atoms with van der Waals surface area (Å²) in [6, 6.07) is 13.9. The van der Waals surface area contributed by atoms with Crippen molar-refractivity contribution >= 4 is 15.9 Å². The Labute approximate surface area is 116 Å². The first kappa shape index (κ1) is 13.1. The van der Waals surface area contributed by atoms with Crippen LogP contribution >= 0.6 is 15.9 Å². The van der Waals surface area contributed by atoms with E-state index < -0.39 is 0 Å². The first-order valence-electron chi connectivity index (χ1n) is 5.78. The molecule has 2 N–H and O–H groups in total. The number of ether oxygens (including phenoxy) is 1. The van der Waals surface area contributed by atoms with Gasteiger partial charge in [0.05, 0.1) is 13.2 Å². The second-order valence-electron chi connectivity index (χ2n) is 4.23. The number of methoxy groups -OCH3 is 1. The second kappa shape index (κ2) is 5.55. The summed E-state index contributed by atoms with van der Waals surface area (Å²) in [5.41, 5.74) is 9.57. The van der Waals surface area contributed by atoms with Crippen LogP contribution in [0, 0.1) is 6.92 Å². The maximum Gasteiger partial charge on any atom is 0.121 e. The molecule has 2 rings (SSSR count). The highest BCUT2D eigenvalue weighted by Crippen LogP contribution is 2.29. The largest absolute Gasteiger partial charge is 0.496 e. The van der Waals surface area contributed by atoms with Gasteiger partial charge >= 0.3 is 0 Å². The lowest BCUT2D eigenvalue weighted by Crippen LogP contribution is -2.12. The predicted octanol–water partition coefficient (Wildman–Crippen LogP) is 3.81. The molecule has 0 bridgehead atoms. The number of hydrogen-bond donors (Lipinski definition) is 1. The highest BCUT2D eigenvalue weighted by atomic mass is 79.9. The van der Waals surface area contributed by atoms with Crippen molar-refractivity contribution in [2.75, 3.05) is 7.11 Å². The normalized spacial score (nSPS) is 12.2. The molecule has 0 aliphatic rings. The molecule has 0 aliphatic heterocycles. The Balaban J connectivity index is 2.37. The summed E-state index contributed by atoms with van der Waals surface area (Å²) >= 11 is 3.54. The van der Waals surface area contributed by atoms with Gasteiger partial charge in [-0.2, -0.15) is 0 Å². The van der Waals surface area contributed by atoms with Crippen molar-refractivity contribution in [3.8, 4) is 5.75 Å². The maximum absolute atomic E-state index is 6.31. The molecule has 0 fully saturated rings. The molecule has 0 saturated heterocycles. The van der Waals surface area contributed by atoms with Gasteiger partial charge in [0.15, 0.2) is 0 Å². The number of aryl methyl sites for hydroxylation is 1. The molecule has 0 aromatic heterocycles. The Kier molecular flexibility index (Phi) is 4.04. The summed E-state index contributed by atoms with van der Waals surface area (Å²) in [5.74, 6) is 0.887. The maximum atomic E-state index is 6.31. The molecule has 1 unspecified atom stereocenters. The number of nitrogens with two attached hydrogens (primary N) is 1. The second-order valence-corrected chi connectivity index (χ2v) is 5.08. The first-order chi connectivity index (χ1) is 8.63. The third-order valence-electron chi connectivity index (χ3n) is 3.02. The van der Waals surface area contributed by atoms with Crippen molar-refractivity contribution in [3.63, 3.8) is 0 Å². The monoisotopic (exact) mass is 305 g/mol. The van der Waals surface area contributed by atoms with Gasteiger partial charge in [-0.25, -0.2) is 0 Å². The predicted molar refractivity (Wildman–Crippen MR) is 77.9 cm³/mol. The van der Waals surface area contributed by atoms with E-state index in [-0.39, 0.29) is 6.04 Å². The minimum Gasteiger partial charge on any atom is -0.496 e. The van der Waals surface area contributed by atoms with Crippen LogP contribution in [0.4, 0.5) is 0 Å². The molecule has 0 saturated carbocycles. The highest BCUT2D eigenvalue weighted by Gasteiger charge is 2.12. The molecule has 0 aliphatic carbocycles. The molecule has 0 heterocycles. The van der Waals surface area contributed by atoms with Crippen LogP contribution in [0.5, 0.6) is 5.75 Å². The van der Waals surface area contributed by atoms with Gasteiger partial charge in [-0.3, -0.25) is 0 Å². The van der Waals surface area contributed by atoms with Crippen LogP contribution < -0.4 is 10.5 Å². The van der Waals surface area contributed by atoms with E-state index >= 15 is 0 Å². The zero-order valence-electron chi connectivity index (χ0n) is 10.5. The molecule has 0 radical (unpaired) electrons. The summed E-state index contributed by atoms with van der Waals surface area (Å²) in [6.07, 6.45) is 0. The van der Waals surface area contributed by atoms with Crippen LogP contribution in [0.25, 0.3) is 0 Å². The van der Waals surface area contributed by atoms with Crippen LogP contribution in [0.15, 0.2) is 46.9 Å². The van der Waals surface area contributed by atoms with Crippen LogP contribution in [0.2, 0.25) is 0 Å². The molecule has 2 aromatic rings. The van der Waals surface area contributed by atoms with Gasteiger partial charge in [0.25, 0.3) is 0 Å². The molecule has 0 spiro atoms. The van der Waals surface area contributed by atoms with E-state index in [0.29, 0.717) is 0 Å². The highest BCUT2D eigenvalue weighted by molar-refractivity contribution is 9.10. The zero-order chi connectivity index (χ0) is 13.1. The molecule has 2 aromatic carbocycles. The van der Waals surface area contributed by atoms with Gasteiger partial charge in [-0.15, -0.1) is 0 Å².